The zero-order valence-electron chi connectivity index (χ0n) is 17.8. The van der Waals surface area contributed by atoms with Crippen LogP contribution in [0.4, 0.5) is 11.4 Å². The number of benzene rings is 2. The molecule has 2 N–H and O–H groups in total. The molecule has 2 aromatic rings. The highest BCUT2D eigenvalue weighted by molar-refractivity contribution is 6.11. The summed E-state index contributed by atoms with van der Waals surface area (Å²) >= 11 is 0. The molecule has 3 amide bonds. The van der Waals surface area contributed by atoms with E-state index in [0.717, 1.165) is 0 Å². The number of para-hydroxylation sites is 2. The molecule has 1 saturated heterocycles. The zero-order valence-corrected chi connectivity index (χ0v) is 17.8. The second-order valence-corrected chi connectivity index (χ2v) is 7.22. The number of carbonyl (C=O) groups excluding carboxylic acids is 4. The predicted molar refractivity (Wildman–Crippen MR) is 117 cm³/mol. The van der Waals surface area contributed by atoms with Crippen LogP contribution in [0.2, 0.25) is 0 Å². The third-order valence-electron chi connectivity index (χ3n) is 5.20. The molecule has 1 atom stereocenters. The molecule has 0 aliphatic carbocycles. The summed E-state index contributed by atoms with van der Waals surface area (Å²) in [4.78, 5) is 61.8. The Morgan fingerprint density at radius 3 is 2.45 bits per heavy atom. The van der Waals surface area contributed by atoms with Crippen molar-refractivity contribution in [1.82, 2.24) is 10.2 Å². The van der Waals surface area contributed by atoms with Crippen LogP contribution in [-0.2, 0) is 14.3 Å². The summed E-state index contributed by atoms with van der Waals surface area (Å²) in [6.45, 7) is 0.0119. The summed E-state index contributed by atoms with van der Waals surface area (Å²) in [7, 11) is 1.20. The first-order valence-corrected chi connectivity index (χ1v) is 10.1. The summed E-state index contributed by atoms with van der Waals surface area (Å²) in [5.74, 6) is -2.31. The van der Waals surface area contributed by atoms with Gasteiger partial charge in [0.15, 0.2) is 0 Å². The van der Waals surface area contributed by atoms with Gasteiger partial charge in [-0.25, -0.2) is 0 Å². The number of rotatable bonds is 7. The van der Waals surface area contributed by atoms with Crippen LogP contribution in [0.3, 0.4) is 0 Å². The molecular weight excluding hydrogens is 432 g/mol. The normalized spacial score (nSPS) is 14.9. The van der Waals surface area contributed by atoms with Gasteiger partial charge in [-0.2, -0.15) is 0 Å². The number of anilines is 1. The first-order valence-electron chi connectivity index (χ1n) is 10.1. The summed E-state index contributed by atoms with van der Waals surface area (Å²) in [5, 5.41) is 16.3. The van der Waals surface area contributed by atoms with Gasteiger partial charge in [0, 0.05) is 12.6 Å². The lowest BCUT2D eigenvalue weighted by atomic mass is 10.1. The number of amides is 3. The van der Waals surface area contributed by atoms with Crippen molar-refractivity contribution in [2.75, 3.05) is 25.5 Å². The smallest absolute Gasteiger partial charge is 0.325 e. The van der Waals surface area contributed by atoms with Gasteiger partial charge in [-0.05, 0) is 31.0 Å². The number of hydrogen-bond acceptors (Lipinski definition) is 7. The van der Waals surface area contributed by atoms with Crippen molar-refractivity contribution in [3.8, 4) is 0 Å². The maximum atomic E-state index is 13.3. The van der Waals surface area contributed by atoms with Crippen molar-refractivity contribution in [3.05, 3.63) is 69.8 Å². The monoisotopic (exact) mass is 454 g/mol. The highest BCUT2D eigenvalue weighted by Crippen LogP contribution is 2.25. The van der Waals surface area contributed by atoms with Gasteiger partial charge in [-0.15, -0.1) is 0 Å². The molecule has 0 bridgehead atoms. The lowest BCUT2D eigenvalue weighted by Gasteiger charge is -2.25. The third kappa shape index (κ3) is 5.32. The summed E-state index contributed by atoms with van der Waals surface area (Å²) in [5.41, 5.74) is -0.213. The maximum absolute atomic E-state index is 13.3. The van der Waals surface area contributed by atoms with Crippen LogP contribution in [-0.4, -0.2) is 59.8 Å². The van der Waals surface area contributed by atoms with Crippen LogP contribution < -0.4 is 10.6 Å². The molecule has 3 rings (SSSR count). The second kappa shape index (κ2) is 10.4. The number of nitro benzene ring substituents is 1. The predicted octanol–water partition coefficient (Wildman–Crippen LogP) is 1.74. The average Bonchev–Trinajstić information content (AvgIpc) is 3.32. The number of nitro groups is 1. The molecular formula is C22H22N4O7. The molecule has 0 unspecified atom stereocenters. The second-order valence-electron chi connectivity index (χ2n) is 7.22. The average molecular weight is 454 g/mol. The van der Waals surface area contributed by atoms with Crippen LogP contribution >= 0.6 is 0 Å². The molecule has 0 saturated carbocycles. The number of nitrogens with zero attached hydrogens (tertiary/aromatic N) is 2. The summed E-state index contributed by atoms with van der Waals surface area (Å²) < 4.78 is 4.50. The van der Waals surface area contributed by atoms with E-state index in [0.29, 0.717) is 19.4 Å². The Hall–Kier alpha value is -4.28. The number of ether oxygens (including phenoxy) is 1. The number of likely N-dealkylation sites (tertiary alicyclic amines) is 1. The van der Waals surface area contributed by atoms with Crippen molar-refractivity contribution in [3.63, 3.8) is 0 Å². The van der Waals surface area contributed by atoms with E-state index in [1.54, 1.807) is 12.1 Å². The zero-order chi connectivity index (χ0) is 24.0. The van der Waals surface area contributed by atoms with Crippen LogP contribution in [0.25, 0.3) is 0 Å². The molecule has 11 nitrogen and oxygen atoms in total. The number of nitrogens with one attached hydrogen (secondary N) is 2. The number of esters is 1. The van der Waals surface area contributed by atoms with E-state index in [4.69, 9.17) is 0 Å². The standard InChI is InChI=1S/C22H22N4O7/c1-33-19(27)13-23-21(29)18-11-6-12-25(18)22(30)14-7-2-4-9-16(14)24-20(28)15-8-3-5-10-17(15)26(31)32/h2-5,7-10,18H,6,11-13H2,1H3,(H,23,29)(H,24,28)/t18-/m0/s1. The van der Waals surface area contributed by atoms with E-state index < -0.39 is 34.7 Å². The molecule has 1 aliphatic heterocycles. The Morgan fingerprint density at radius 2 is 1.76 bits per heavy atom. The first-order chi connectivity index (χ1) is 15.8. The number of carbonyl (C=O) groups is 4. The SMILES string of the molecule is COC(=O)CNC(=O)[C@@H]1CCCN1C(=O)c1ccccc1NC(=O)c1ccccc1[N+](=O)[O-]. The van der Waals surface area contributed by atoms with Gasteiger partial charge in [0.25, 0.3) is 17.5 Å². The Balaban J connectivity index is 1.80. The van der Waals surface area contributed by atoms with Gasteiger partial charge in [0.2, 0.25) is 5.91 Å². The molecule has 0 aromatic heterocycles. The van der Waals surface area contributed by atoms with E-state index in [1.165, 1.54) is 48.4 Å². The van der Waals surface area contributed by atoms with Gasteiger partial charge in [-0.1, -0.05) is 24.3 Å². The molecule has 1 heterocycles. The molecule has 172 valence electrons. The van der Waals surface area contributed by atoms with E-state index in [9.17, 15) is 29.3 Å². The van der Waals surface area contributed by atoms with E-state index in [2.05, 4.69) is 15.4 Å². The highest BCUT2D eigenvalue weighted by Gasteiger charge is 2.35. The van der Waals surface area contributed by atoms with Crippen molar-refractivity contribution in [2.45, 2.75) is 18.9 Å². The minimum atomic E-state index is -0.777. The minimum absolute atomic E-state index is 0.136. The van der Waals surface area contributed by atoms with Crippen molar-refractivity contribution in [1.29, 1.82) is 0 Å². The minimum Gasteiger partial charge on any atom is -0.468 e. The van der Waals surface area contributed by atoms with Crippen LogP contribution in [0.5, 0.6) is 0 Å². The fraction of sp³-hybridized carbons (Fsp3) is 0.273. The van der Waals surface area contributed by atoms with E-state index in [-0.39, 0.29) is 29.0 Å². The van der Waals surface area contributed by atoms with Crippen LogP contribution in [0.15, 0.2) is 48.5 Å². The van der Waals surface area contributed by atoms with Crippen molar-refractivity contribution >= 4 is 35.1 Å². The number of hydrogen-bond donors (Lipinski definition) is 2. The summed E-state index contributed by atoms with van der Waals surface area (Å²) in [6.07, 6.45) is 1.01. The maximum Gasteiger partial charge on any atom is 0.325 e. The van der Waals surface area contributed by atoms with E-state index in [1.807, 2.05) is 0 Å². The van der Waals surface area contributed by atoms with Gasteiger partial charge in [0.1, 0.15) is 18.2 Å². The van der Waals surface area contributed by atoms with Gasteiger partial charge in [-0.3, -0.25) is 29.3 Å². The Kier molecular flexibility index (Phi) is 7.34. The largest absolute Gasteiger partial charge is 0.468 e. The molecule has 0 spiro atoms. The topological polar surface area (TPSA) is 148 Å². The fourth-order valence-electron chi connectivity index (χ4n) is 3.58. The van der Waals surface area contributed by atoms with Gasteiger partial charge in [0.05, 0.1) is 23.3 Å². The Morgan fingerprint density at radius 1 is 1.09 bits per heavy atom. The first kappa shape index (κ1) is 23.4. The van der Waals surface area contributed by atoms with Crippen LogP contribution in [0.1, 0.15) is 33.6 Å². The molecule has 11 heteroatoms. The molecule has 33 heavy (non-hydrogen) atoms. The molecule has 1 fully saturated rings. The van der Waals surface area contributed by atoms with Crippen molar-refractivity contribution < 1.29 is 28.8 Å². The lowest BCUT2D eigenvalue weighted by molar-refractivity contribution is -0.385. The molecule has 2 aromatic carbocycles. The molecule has 1 aliphatic rings. The van der Waals surface area contributed by atoms with Crippen molar-refractivity contribution in [2.24, 2.45) is 0 Å². The summed E-state index contributed by atoms with van der Waals surface area (Å²) in [6, 6.07) is 10.9. The van der Waals surface area contributed by atoms with Gasteiger partial charge < -0.3 is 20.3 Å². The third-order valence-corrected chi connectivity index (χ3v) is 5.20. The Labute approximate surface area is 188 Å². The number of methoxy groups -OCH3 is 1. The Bertz CT molecular complexity index is 1100. The molecule has 0 radical (unpaired) electrons. The quantitative estimate of drug-likeness (QED) is 0.368. The van der Waals surface area contributed by atoms with Crippen LogP contribution in [0, 0.1) is 10.1 Å². The van der Waals surface area contributed by atoms with E-state index >= 15 is 0 Å². The lowest BCUT2D eigenvalue weighted by Crippen LogP contribution is -2.47. The van der Waals surface area contributed by atoms with Gasteiger partial charge >= 0.3 is 5.97 Å². The highest BCUT2D eigenvalue weighted by atomic mass is 16.6. The fourth-order valence-corrected chi connectivity index (χ4v) is 3.58.